The number of thiophene rings is 1. The van der Waals surface area contributed by atoms with Gasteiger partial charge in [-0.05, 0) is 35.9 Å². The van der Waals surface area contributed by atoms with Gasteiger partial charge in [-0.1, -0.05) is 0 Å². The van der Waals surface area contributed by atoms with Gasteiger partial charge < -0.3 is 11.1 Å². The fourth-order valence-electron chi connectivity index (χ4n) is 1.53. The smallest absolute Gasteiger partial charge is 0.261 e. The lowest BCUT2D eigenvalue weighted by Crippen LogP contribution is -2.24. The van der Waals surface area contributed by atoms with Gasteiger partial charge in [-0.3, -0.25) is 4.79 Å². The van der Waals surface area contributed by atoms with Crippen molar-refractivity contribution in [2.24, 2.45) is 0 Å². The number of fused-ring (bicyclic) bond motifs is 1. The molecule has 0 aliphatic rings. The Morgan fingerprint density at radius 3 is 3.06 bits per heavy atom. The van der Waals surface area contributed by atoms with Crippen molar-refractivity contribution in [2.45, 2.75) is 0 Å². The van der Waals surface area contributed by atoms with E-state index in [1.165, 1.54) is 11.3 Å². The van der Waals surface area contributed by atoms with Crippen LogP contribution < -0.4 is 11.1 Å². The number of benzene rings is 1. The van der Waals surface area contributed by atoms with Gasteiger partial charge in [0.05, 0.1) is 4.88 Å². The van der Waals surface area contributed by atoms with E-state index in [0.29, 0.717) is 6.54 Å². The molecule has 0 unspecified atom stereocenters. The minimum Gasteiger partial charge on any atom is -0.399 e. The van der Waals surface area contributed by atoms with Gasteiger partial charge in [-0.2, -0.15) is 11.8 Å². The maximum atomic E-state index is 11.8. The number of rotatable bonds is 4. The summed E-state index contributed by atoms with van der Waals surface area (Å²) in [6.07, 6.45) is 2.02. The second kappa shape index (κ2) is 5.42. The van der Waals surface area contributed by atoms with Crippen molar-refractivity contribution in [1.82, 2.24) is 5.32 Å². The Kier molecular flexibility index (Phi) is 3.91. The van der Waals surface area contributed by atoms with Gasteiger partial charge in [0, 0.05) is 22.7 Å². The molecule has 1 aromatic carbocycles. The van der Waals surface area contributed by atoms with Crippen LogP contribution in [0.15, 0.2) is 24.3 Å². The highest BCUT2D eigenvalue weighted by atomic mass is 32.2. The molecular weight excluding hydrogens is 252 g/mol. The normalized spacial score (nSPS) is 10.6. The first-order valence-corrected chi connectivity index (χ1v) is 7.48. The van der Waals surface area contributed by atoms with Gasteiger partial charge >= 0.3 is 0 Å². The van der Waals surface area contributed by atoms with Crippen LogP contribution in [0.25, 0.3) is 10.1 Å². The number of nitrogens with one attached hydrogen (secondary N) is 1. The van der Waals surface area contributed by atoms with Crippen molar-refractivity contribution < 1.29 is 4.79 Å². The van der Waals surface area contributed by atoms with Gasteiger partial charge in [0.1, 0.15) is 0 Å². The topological polar surface area (TPSA) is 55.1 Å². The molecular formula is C12H14N2OS2. The van der Waals surface area contributed by atoms with Crippen LogP contribution in [0, 0.1) is 0 Å². The summed E-state index contributed by atoms with van der Waals surface area (Å²) < 4.78 is 1.09. The van der Waals surface area contributed by atoms with Gasteiger partial charge in [0.15, 0.2) is 0 Å². The molecule has 17 heavy (non-hydrogen) atoms. The number of thioether (sulfide) groups is 1. The molecule has 0 atom stereocenters. The molecule has 1 amide bonds. The Labute approximate surface area is 108 Å². The highest BCUT2D eigenvalue weighted by Crippen LogP contribution is 2.27. The third-order valence-electron chi connectivity index (χ3n) is 2.36. The zero-order valence-corrected chi connectivity index (χ0v) is 11.2. The van der Waals surface area contributed by atoms with Gasteiger partial charge in [-0.15, -0.1) is 11.3 Å². The summed E-state index contributed by atoms with van der Waals surface area (Å²) in [5, 5.41) is 3.93. The van der Waals surface area contributed by atoms with Crippen LogP contribution in [0.4, 0.5) is 5.69 Å². The van der Waals surface area contributed by atoms with Gasteiger partial charge in [0.25, 0.3) is 5.91 Å². The van der Waals surface area contributed by atoms with E-state index in [0.717, 1.165) is 26.4 Å². The summed E-state index contributed by atoms with van der Waals surface area (Å²) >= 11 is 3.22. The fourth-order valence-corrected chi connectivity index (χ4v) is 2.79. The van der Waals surface area contributed by atoms with Crippen LogP contribution in [0.2, 0.25) is 0 Å². The Hall–Kier alpha value is -1.20. The van der Waals surface area contributed by atoms with Gasteiger partial charge in [0.2, 0.25) is 0 Å². The third-order valence-corrected chi connectivity index (χ3v) is 4.08. The summed E-state index contributed by atoms with van der Waals surface area (Å²) in [6, 6.07) is 7.59. The summed E-state index contributed by atoms with van der Waals surface area (Å²) in [6.45, 7) is 0.705. The van der Waals surface area contributed by atoms with Crippen molar-refractivity contribution in [3.8, 4) is 0 Å². The maximum absolute atomic E-state index is 11.8. The van der Waals surface area contributed by atoms with Crippen LogP contribution in [-0.2, 0) is 0 Å². The molecule has 0 aliphatic heterocycles. The Balaban J connectivity index is 2.15. The average molecular weight is 266 g/mol. The molecule has 1 heterocycles. The first-order valence-electron chi connectivity index (χ1n) is 5.27. The SMILES string of the molecule is CSCCNC(=O)c1cc2cc(N)ccc2s1. The van der Waals surface area contributed by atoms with E-state index in [4.69, 9.17) is 5.73 Å². The molecule has 3 N–H and O–H groups in total. The second-order valence-corrected chi connectivity index (χ2v) is 5.73. The van der Waals surface area contributed by atoms with Crippen LogP contribution in [0.3, 0.4) is 0 Å². The lowest BCUT2D eigenvalue weighted by molar-refractivity contribution is 0.0960. The van der Waals surface area contributed by atoms with Crippen molar-refractivity contribution in [1.29, 1.82) is 0 Å². The first-order chi connectivity index (χ1) is 8.20. The largest absolute Gasteiger partial charge is 0.399 e. The Morgan fingerprint density at radius 2 is 2.29 bits per heavy atom. The molecule has 2 aromatic rings. The van der Waals surface area contributed by atoms with Crippen molar-refractivity contribution >= 4 is 44.8 Å². The number of anilines is 1. The molecule has 0 fully saturated rings. The molecule has 0 radical (unpaired) electrons. The number of hydrogen-bond acceptors (Lipinski definition) is 4. The zero-order valence-electron chi connectivity index (χ0n) is 9.53. The molecule has 0 saturated carbocycles. The molecule has 0 bridgehead atoms. The monoisotopic (exact) mass is 266 g/mol. The lowest BCUT2D eigenvalue weighted by Gasteiger charge is -2.00. The van der Waals surface area contributed by atoms with E-state index in [1.807, 2.05) is 30.5 Å². The maximum Gasteiger partial charge on any atom is 0.261 e. The van der Waals surface area contributed by atoms with Crippen molar-refractivity contribution in [3.05, 3.63) is 29.1 Å². The number of carbonyl (C=O) groups is 1. The van der Waals surface area contributed by atoms with E-state index in [1.54, 1.807) is 11.8 Å². The Morgan fingerprint density at radius 1 is 1.47 bits per heavy atom. The predicted octanol–water partition coefficient (Wildman–Crippen LogP) is 2.58. The lowest BCUT2D eigenvalue weighted by atomic mass is 10.2. The zero-order chi connectivity index (χ0) is 12.3. The van der Waals surface area contributed by atoms with Crippen molar-refractivity contribution in [3.63, 3.8) is 0 Å². The van der Waals surface area contributed by atoms with E-state index >= 15 is 0 Å². The molecule has 0 aliphatic carbocycles. The first kappa shape index (κ1) is 12.3. The summed E-state index contributed by atoms with van der Waals surface area (Å²) in [7, 11) is 0. The number of amides is 1. The van der Waals surface area contributed by atoms with E-state index in [2.05, 4.69) is 5.32 Å². The van der Waals surface area contributed by atoms with Crippen LogP contribution in [-0.4, -0.2) is 24.5 Å². The standard InChI is InChI=1S/C12H14N2OS2/c1-16-5-4-14-12(15)11-7-8-6-9(13)2-3-10(8)17-11/h2-3,6-7H,4-5,13H2,1H3,(H,14,15). The highest BCUT2D eigenvalue weighted by Gasteiger charge is 2.09. The van der Waals surface area contributed by atoms with Gasteiger partial charge in [-0.25, -0.2) is 0 Å². The van der Waals surface area contributed by atoms with E-state index < -0.39 is 0 Å². The number of carbonyl (C=O) groups excluding carboxylic acids is 1. The van der Waals surface area contributed by atoms with Crippen LogP contribution >= 0.6 is 23.1 Å². The molecule has 90 valence electrons. The number of nitrogens with two attached hydrogens (primary N) is 1. The van der Waals surface area contributed by atoms with Crippen LogP contribution in [0.1, 0.15) is 9.67 Å². The van der Waals surface area contributed by atoms with Crippen molar-refractivity contribution in [2.75, 3.05) is 24.3 Å². The molecule has 2 rings (SSSR count). The summed E-state index contributed by atoms with van der Waals surface area (Å²) in [4.78, 5) is 12.6. The molecule has 0 spiro atoms. The summed E-state index contributed by atoms with van der Waals surface area (Å²) in [5.41, 5.74) is 6.44. The average Bonchev–Trinajstić information content (AvgIpc) is 2.72. The third kappa shape index (κ3) is 2.92. The van der Waals surface area contributed by atoms with Crippen LogP contribution in [0.5, 0.6) is 0 Å². The molecule has 0 saturated heterocycles. The van der Waals surface area contributed by atoms with E-state index in [-0.39, 0.29) is 5.91 Å². The highest BCUT2D eigenvalue weighted by molar-refractivity contribution is 7.98. The van der Waals surface area contributed by atoms with E-state index in [9.17, 15) is 4.79 Å². The fraction of sp³-hybridized carbons (Fsp3) is 0.250. The number of nitrogen functional groups attached to an aromatic ring is 1. The summed E-state index contributed by atoms with van der Waals surface area (Å²) in [5.74, 6) is 0.933. The number of hydrogen-bond donors (Lipinski definition) is 2. The second-order valence-electron chi connectivity index (χ2n) is 3.66. The quantitative estimate of drug-likeness (QED) is 0.660. The minimum absolute atomic E-state index is 0.00109. The predicted molar refractivity (Wildman–Crippen MR) is 77.0 cm³/mol. The minimum atomic E-state index is -0.00109. The molecule has 3 nitrogen and oxygen atoms in total. The molecule has 5 heteroatoms. The molecule has 1 aromatic heterocycles. The Bertz CT molecular complexity index is 536.